The summed E-state index contributed by atoms with van der Waals surface area (Å²) in [4.78, 5) is 21.6. The van der Waals surface area contributed by atoms with Crippen LogP contribution in [0.3, 0.4) is 0 Å². The van der Waals surface area contributed by atoms with Gasteiger partial charge in [-0.1, -0.05) is 202 Å². The van der Waals surface area contributed by atoms with Gasteiger partial charge in [0.15, 0.2) is 0 Å². The molecule has 8 aromatic carbocycles. The molecule has 3 aliphatic rings. The molecule has 5 heterocycles. The number of benzene rings is 8. The molecule has 1 N–H and O–H groups in total. The molecule has 358 valence electrons. The lowest BCUT2D eigenvalue weighted by molar-refractivity contribution is 0.493. The fraction of sp³-hybridized carbons (Fsp3) is 0.0704. The largest absolute Gasteiger partial charge is 0.370 e. The molecule has 12 aromatic rings. The monoisotopic (exact) mass is 971 g/mol. The van der Waals surface area contributed by atoms with Gasteiger partial charge in [0.05, 0.1) is 45.0 Å². The first kappa shape index (κ1) is 44.0. The van der Waals surface area contributed by atoms with E-state index < -0.39 is 5.54 Å². The second-order valence-electron chi connectivity index (χ2n) is 21.2. The molecule has 0 saturated heterocycles. The molecule has 1 aliphatic heterocycles. The van der Waals surface area contributed by atoms with Gasteiger partial charge in [-0.2, -0.15) is 0 Å². The summed E-state index contributed by atoms with van der Waals surface area (Å²) in [5, 5.41) is 9.76. The molecule has 0 bridgehead atoms. The van der Waals surface area contributed by atoms with Crippen LogP contribution >= 0.6 is 0 Å². The molecule has 2 aliphatic carbocycles. The van der Waals surface area contributed by atoms with Crippen molar-refractivity contribution in [1.82, 2.24) is 25.3 Å². The van der Waals surface area contributed by atoms with Crippen molar-refractivity contribution in [1.29, 1.82) is 0 Å². The summed E-state index contributed by atoms with van der Waals surface area (Å²) in [6.07, 6.45) is 8.88. The number of allylic oxidation sites excluding steroid dienone is 2. The van der Waals surface area contributed by atoms with Gasteiger partial charge in [-0.25, -0.2) is 19.9 Å². The summed E-state index contributed by atoms with van der Waals surface area (Å²) in [5.74, 6) is 0. The number of hydrogen-bond donors (Lipinski definition) is 1. The predicted molar refractivity (Wildman–Crippen MR) is 314 cm³/mol. The third kappa shape index (κ3) is 6.85. The fourth-order valence-corrected chi connectivity index (χ4v) is 12.4. The van der Waals surface area contributed by atoms with E-state index in [9.17, 15) is 0 Å². The van der Waals surface area contributed by atoms with Crippen LogP contribution in [-0.2, 0) is 11.0 Å². The minimum atomic E-state index is -0.593. The van der Waals surface area contributed by atoms with E-state index in [0.29, 0.717) is 0 Å². The Morgan fingerprint density at radius 3 is 1.76 bits per heavy atom. The van der Waals surface area contributed by atoms with Crippen molar-refractivity contribution in [3.05, 3.63) is 264 Å². The van der Waals surface area contributed by atoms with Crippen LogP contribution in [0.15, 0.2) is 236 Å². The maximum Gasteiger partial charge on any atom is 0.103 e. The Morgan fingerprint density at radius 1 is 0.421 bits per heavy atom. The molecular weight excluding hydrogens is 923 g/mol. The van der Waals surface area contributed by atoms with E-state index in [0.717, 1.165) is 106 Å². The number of hydrogen-bond acceptors (Lipinski definition) is 5. The zero-order chi connectivity index (χ0) is 50.7. The van der Waals surface area contributed by atoms with Crippen LogP contribution in [0.5, 0.6) is 0 Å². The van der Waals surface area contributed by atoms with Crippen molar-refractivity contribution >= 4 is 55.3 Å². The van der Waals surface area contributed by atoms with Gasteiger partial charge in [-0.15, -0.1) is 0 Å². The molecule has 76 heavy (non-hydrogen) atoms. The summed E-state index contributed by atoms with van der Waals surface area (Å²) in [7, 11) is 0. The Morgan fingerprint density at radius 2 is 1.01 bits per heavy atom. The lowest BCUT2D eigenvalue weighted by Gasteiger charge is -2.39. The van der Waals surface area contributed by atoms with Crippen molar-refractivity contribution < 1.29 is 0 Å². The summed E-state index contributed by atoms with van der Waals surface area (Å²) >= 11 is 0. The van der Waals surface area contributed by atoms with Gasteiger partial charge in [-0.3, -0.25) is 0 Å². The maximum atomic E-state index is 5.51. The van der Waals surface area contributed by atoms with Gasteiger partial charge < -0.3 is 5.32 Å². The van der Waals surface area contributed by atoms with Crippen LogP contribution in [0.1, 0.15) is 48.7 Å². The van der Waals surface area contributed by atoms with Crippen molar-refractivity contribution in [2.24, 2.45) is 0 Å². The molecule has 15 rings (SSSR count). The van der Waals surface area contributed by atoms with E-state index >= 15 is 0 Å². The third-order valence-corrected chi connectivity index (χ3v) is 16.3. The predicted octanol–water partition coefficient (Wildman–Crippen LogP) is 17.3. The zero-order valence-corrected chi connectivity index (χ0v) is 42.3. The SMILES string of the molecule is CC1(C)c2ccccc2-c2nc3ccc4ccccc4c3c(-c3ccc(-c4cc(C5=CC=C6C=Cc7ccc(-c8ccccc8)nc7[C@@]6(C)N5)cc(-c5ccc6ccc7ccc(-c8ccccc8)nc7c6n5)c4)cc3)c21. The minimum absolute atomic E-state index is 0.267. The lowest BCUT2D eigenvalue weighted by Crippen LogP contribution is -2.43. The van der Waals surface area contributed by atoms with E-state index in [1.54, 1.807) is 0 Å². The van der Waals surface area contributed by atoms with Crippen LogP contribution in [0.25, 0.3) is 123 Å². The Balaban J connectivity index is 0.901. The standard InChI is InChI=1S/C71H49N5/c1-70(2)57-21-13-12-20-56(57)68-65(70)63(64-55-19-11-10-14-44(55)29-38-62(64)74-68)47-24-22-43(23-25-47)51-40-52(60-36-31-49-27-26-48-30-35-58(45-15-6-4-7-16-45)72-66(48)67(49)73-60)42-53(41-51)61-39-34-54-33-28-50-32-37-59(46-17-8-5-9-18-46)75-69(50)71(54,3)76-61/h4-42,76H,1-3H3/t71-/m0/s1. The summed E-state index contributed by atoms with van der Waals surface area (Å²) in [6.45, 7) is 6.97. The maximum absolute atomic E-state index is 5.51. The van der Waals surface area contributed by atoms with Crippen LogP contribution in [0.4, 0.5) is 0 Å². The Hall–Kier alpha value is -9.58. The topological polar surface area (TPSA) is 63.6 Å². The smallest absolute Gasteiger partial charge is 0.103 e. The first-order valence-electron chi connectivity index (χ1n) is 26.2. The first-order valence-corrected chi connectivity index (χ1v) is 26.2. The van der Waals surface area contributed by atoms with Gasteiger partial charge in [0, 0.05) is 49.5 Å². The van der Waals surface area contributed by atoms with Crippen LogP contribution in [-0.4, -0.2) is 19.9 Å². The van der Waals surface area contributed by atoms with Crippen molar-refractivity contribution in [3.63, 3.8) is 0 Å². The minimum Gasteiger partial charge on any atom is -0.370 e. The molecule has 5 nitrogen and oxygen atoms in total. The summed E-state index contributed by atoms with van der Waals surface area (Å²) < 4.78 is 0. The second kappa shape index (κ2) is 16.7. The van der Waals surface area contributed by atoms with Crippen molar-refractivity contribution in [2.45, 2.75) is 31.7 Å². The Labute approximate surface area is 441 Å². The van der Waals surface area contributed by atoms with Crippen molar-refractivity contribution in [3.8, 4) is 67.3 Å². The average molecular weight is 972 g/mol. The quantitative estimate of drug-likeness (QED) is 0.168. The molecule has 0 saturated carbocycles. The van der Waals surface area contributed by atoms with Crippen LogP contribution in [0.2, 0.25) is 0 Å². The summed E-state index contributed by atoms with van der Waals surface area (Å²) in [6, 6.07) is 76.1. The van der Waals surface area contributed by atoms with Crippen LogP contribution in [0, 0.1) is 0 Å². The highest BCUT2D eigenvalue weighted by atomic mass is 15.0. The first-order chi connectivity index (χ1) is 37.2. The number of dihydropyridines is 1. The van der Waals surface area contributed by atoms with E-state index in [2.05, 4.69) is 251 Å². The number of fused-ring (bicyclic) bond motifs is 12. The van der Waals surface area contributed by atoms with Gasteiger partial charge >= 0.3 is 0 Å². The molecule has 0 amide bonds. The molecule has 5 heteroatoms. The van der Waals surface area contributed by atoms with E-state index in [1.807, 2.05) is 12.1 Å². The summed E-state index contributed by atoms with van der Waals surface area (Å²) in [5.41, 5.74) is 22.6. The third-order valence-electron chi connectivity index (χ3n) is 16.3. The zero-order valence-electron chi connectivity index (χ0n) is 42.3. The average Bonchev–Trinajstić information content (AvgIpc) is 3.91. The molecule has 0 fully saturated rings. The number of aromatic nitrogens is 4. The Bertz CT molecular complexity index is 4510. The molecule has 0 spiro atoms. The number of rotatable bonds is 6. The second-order valence-corrected chi connectivity index (χ2v) is 21.2. The Kier molecular flexibility index (Phi) is 9.67. The van der Waals surface area contributed by atoms with Gasteiger partial charge in [0.2, 0.25) is 0 Å². The van der Waals surface area contributed by atoms with Gasteiger partial charge in [-0.05, 0) is 116 Å². The molecule has 0 radical (unpaired) electrons. The number of pyridine rings is 4. The molecular formula is C71H49N5. The molecule has 4 aromatic heterocycles. The molecule has 1 atom stereocenters. The number of nitrogens with zero attached hydrogens (tertiary/aromatic N) is 4. The van der Waals surface area contributed by atoms with E-state index in [4.69, 9.17) is 19.9 Å². The lowest BCUT2D eigenvalue weighted by atomic mass is 9.78. The highest BCUT2D eigenvalue weighted by Gasteiger charge is 2.41. The van der Waals surface area contributed by atoms with E-state index in [1.165, 1.54) is 44.0 Å². The number of nitrogens with one attached hydrogen (secondary N) is 1. The van der Waals surface area contributed by atoms with Gasteiger partial charge in [0.1, 0.15) is 5.54 Å². The molecule has 0 unspecified atom stereocenters. The van der Waals surface area contributed by atoms with Crippen molar-refractivity contribution in [2.75, 3.05) is 0 Å². The fourth-order valence-electron chi connectivity index (χ4n) is 12.4. The van der Waals surface area contributed by atoms with Crippen LogP contribution < -0.4 is 5.32 Å². The highest BCUT2D eigenvalue weighted by molar-refractivity contribution is 6.16. The normalized spacial score (nSPS) is 15.9. The van der Waals surface area contributed by atoms with Gasteiger partial charge in [0.25, 0.3) is 0 Å². The van der Waals surface area contributed by atoms with E-state index in [-0.39, 0.29) is 5.41 Å². The highest BCUT2D eigenvalue weighted by Crippen LogP contribution is 2.54.